The molecule has 0 aliphatic carbocycles. The van der Waals surface area contributed by atoms with Crippen LogP contribution in [-0.4, -0.2) is 40.1 Å². The molecule has 1 atom stereocenters. The van der Waals surface area contributed by atoms with E-state index in [0.717, 1.165) is 4.90 Å². The van der Waals surface area contributed by atoms with Crippen molar-refractivity contribution in [3.05, 3.63) is 0 Å². The first-order valence-corrected chi connectivity index (χ1v) is 3.72. The predicted octanol–water partition coefficient (Wildman–Crippen LogP) is 0.838. The molecule has 2 N–H and O–H groups in total. The molecule has 1 amide bonds. The van der Waals surface area contributed by atoms with Crippen LogP contribution < -0.4 is 0 Å². The molecule has 13 heavy (non-hydrogen) atoms. The highest BCUT2D eigenvalue weighted by Crippen LogP contribution is 2.01. The Balaban J connectivity index is 4.20. The summed E-state index contributed by atoms with van der Waals surface area (Å²) in [7, 11) is 0. The molecule has 0 fully saturated rings. The quantitative estimate of drug-likeness (QED) is 0.294. The highest BCUT2D eigenvalue weighted by atomic mass is 16.4. The van der Waals surface area contributed by atoms with Gasteiger partial charge in [-0.25, -0.2) is 4.79 Å². The van der Waals surface area contributed by atoms with Gasteiger partial charge < -0.3 is 10.3 Å². The van der Waals surface area contributed by atoms with Crippen molar-refractivity contribution in [2.75, 3.05) is 6.54 Å². The number of hydrogen-bond donors (Lipinski definition) is 2. The van der Waals surface area contributed by atoms with E-state index < -0.39 is 6.09 Å². The Bertz CT molecular complexity index is 232. The Hall–Kier alpha value is -1.70. The Morgan fingerprint density at radius 1 is 1.85 bits per heavy atom. The number of hydrogen-bond acceptors (Lipinski definition) is 3. The van der Waals surface area contributed by atoms with Crippen molar-refractivity contribution in [1.82, 2.24) is 4.90 Å². The number of rotatable bonds is 4. The van der Waals surface area contributed by atoms with Gasteiger partial charge in [0.05, 0.1) is 6.54 Å². The van der Waals surface area contributed by atoms with Gasteiger partial charge in [-0.2, -0.15) is 0 Å². The molecule has 0 saturated heterocycles. The van der Waals surface area contributed by atoms with Crippen LogP contribution in [-0.2, 0) is 0 Å². The first kappa shape index (κ1) is 11.3. The van der Waals surface area contributed by atoms with Gasteiger partial charge in [-0.05, 0) is 6.92 Å². The summed E-state index contributed by atoms with van der Waals surface area (Å²) < 4.78 is 0. The van der Waals surface area contributed by atoms with E-state index in [1.165, 1.54) is 6.21 Å². The smallest absolute Gasteiger partial charge is 0.408 e. The van der Waals surface area contributed by atoms with Crippen LogP contribution in [0.4, 0.5) is 4.79 Å². The van der Waals surface area contributed by atoms with E-state index in [1.54, 1.807) is 6.92 Å². The average molecular weight is 184 g/mol. The van der Waals surface area contributed by atoms with Crippen LogP contribution in [0.25, 0.3) is 0 Å². The van der Waals surface area contributed by atoms with Gasteiger partial charge in [0.2, 0.25) is 0 Å². The Labute approximate surface area is 76.7 Å². The molecule has 0 aromatic rings. The lowest BCUT2D eigenvalue weighted by Gasteiger charge is -2.22. The van der Waals surface area contributed by atoms with Gasteiger partial charge in [0.1, 0.15) is 0 Å². The summed E-state index contributed by atoms with van der Waals surface area (Å²) in [4.78, 5) is 11.7. The molecule has 0 saturated carbocycles. The zero-order chi connectivity index (χ0) is 10.3. The minimum atomic E-state index is -1.07. The molecule has 0 aliphatic heterocycles. The second-order valence-electron chi connectivity index (χ2n) is 2.50. The minimum Gasteiger partial charge on any atom is -0.465 e. The topological polar surface area (TPSA) is 73.1 Å². The van der Waals surface area contributed by atoms with E-state index in [-0.39, 0.29) is 12.6 Å². The number of oxime groups is 1. The lowest BCUT2D eigenvalue weighted by atomic mass is 10.2. The molecule has 5 heteroatoms. The fourth-order valence-corrected chi connectivity index (χ4v) is 0.837. The first-order valence-electron chi connectivity index (χ1n) is 3.72. The normalized spacial score (nSPS) is 12.3. The van der Waals surface area contributed by atoms with E-state index in [4.69, 9.17) is 16.7 Å². The lowest BCUT2D eigenvalue weighted by Crippen LogP contribution is -2.38. The molecule has 0 spiro atoms. The maximum Gasteiger partial charge on any atom is 0.408 e. The summed E-state index contributed by atoms with van der Waals surface area (Å²) >= 11 is 0. The molecule has 72 valence electrons. The second-order valence-corrected chi connectivity index (χ2v) is 2.50. The van der Waals surface area contributed by atoms with Gasteiger partial charge in [0, 0.05) is 18.7 Å². The molecule has 0 heterocycles. The van der Waals surface area contributed by atoms with Crippen LogP contribution in [0, 0.1) is 12.3 Å². The molecule has 0 bridgehead atoms. The van der Waals surface area contributed by atoms with Crippen molar-refractivity contribution in [3.63, 3.8) is 0 Å². The third-order valence-electron chi connectivity index (χ3n) is 1.57. The Kier molecular flexibility index (Phi) is 5.12. The van der Waals surface area contributed by atoms with Crippen molar-refractivity contribution in [2.24, 2.45) is 5.16 Å². The van der Waals surface area contributed by atoms with Gasteiger partial charge in [-0.1, -0.05) is 5.92 Å². The predicted molar refractivity (Wildman–Crippen MR) is 47.9 cm³/mol. The summed E-state index contributed by atoms with van der Waals surface area (Å²) in [6, 6.07) is -0.288. The lowest BCUT2D eigenvalue weighted by molar-refractivity contribution is 0.137. The van der Waals surface area contributed by atoms with E-state index in [0.29, 0.717) is 6.42 Å². The standard InChI is InChI=1S/C8H12N2O3/c1-3-6-10(8(11)12)7(2)4-5-9-13/h1,5,7,13H,4,6H2,2H3,(H,11,12)/t7-/m0/s1. The van der Waals surface area contributed by atoms with Crippen molar-refractivity contribution in [3.8, 4) is 12.3 Å². The van der Waals surface area contributed by atoms with Gasteiger partial charge >= 0.3 is 6.09 Å². The maximum absolute atomic E-state index is 10.6. The molecule has 0 aliphatic rings. The molecule has 5 nitrogen and oxygen atoms in total. The van der Waals surface area contributed by atoms with Crippen LogP contribution in [0.3, 0.4) is 0 Å². The van der Waals surface area contributed by atoms with Crippen LogP contribution in [0.1, 0.15) is 13.3 Å². The molecule has 0 aromatic carbocycles. The number of amides is 1. The summed E-state index contributed by atoms with van der Waals surface area (Å²) in [6.45, 7) is 1.73. The number of nitrogens with zero attached hydrogens (tertiary/aromatic N) is 2. The van der Waals surface area contributed by atoms with E-state index >= 15 is 0 Å². The van der Waals surface area contributed by atoms with Crippen LogP contribution in [0.5, 0.6) is 0 Å². The van der Waals surface area contributed by atoms with Crippen molar-refractivity contribution >= 4 is 12.3 Å². The van der Waals surface area contributed by atoms with E-state index in [9.17, 15) is 4.79 Å². The molecule has 0 rings (SSSR count). The number of carbonyl (C=O) groups is 1. The zero-order valence-corrected chi connectivity index (χ0v) is 7.34. The van der Waals surface area contributed by atoms with Crippen molar-refractivity contribution in [2.45, 2.75) is 19.4 Å². The molecular formula is C8H12N2O3. The monoisotopic (exact) mass is 184 g/mol. The van der Waals surface area contributed by atoms with Crippen molar-refractivity contribution < 1.29 is 15.1 Å². The Morgan fingerprint density at radius 3 is 2.85 bits per heavy atom. The highest BCUT2D eigenvalue weighted by molar-refractivity contribution is 5.67. The number of carboxylic acid groups (broad SMARTS) is 1. The van der Waals surface area contributed by atoms with Gasteiger partial charge in [0.25, 0.3) is 0 Å². The van der Waals surface area contributed by atoms with Crippen LogP contribution in [0.15, 0.2) is 5.16 Å². The third-order valence-corrected chi connectivity index (χ3v) is 1.57. The van der Waals surface area contributed by atoms with Crippen LogP contribution in [0.2, 0.25) is 0 Å². The Morgan fingerprint density at radius 2 is 2.46 bits per heavy atom. The molecule has 0 unspecified atom stereocenters. The second kappa shape index (κ2) is 5.89. The van der Waals surface area contributed by atoms with Crippen LogP contribution >= 0.6 is 0 Å². The minimum absolute atomic E-state index is 0.0375. The zero-order valence-electron chi connectivity index (χ0n) is 7.34. The van der Waals surface area contributed by atoms with Gasteiger partial charge in [0.15, 0.2) is 0 Å². The average Bonchev–Trinajstić information content (AvgIpc) is 2.09. The summed E-state index contributed by atoms with van der Waals surface area (Å²) in [6.07, 6.45) is 5.49. The molecule has 0 radical (unpaired) electrons. The van der Waals surface area contributed by atoms with Gasteiger partial charge in [-0.15, -0.1) is 11.6 Å². The van der Waals surface area contributed by atoms with Gasteiger partial charge in [-0.3, -0.25) is 4.90 Å². The maximum atomic E-state index is 10.6. The number of terminal acetylenes is 1. The fourth-order valence-electron chi connectivity index (χ4n) is 0.837. The molecule has 0 aromatic heterocycles. The largest absolute Gasteiger partial charge is 0.465 e. The third kappa shape index (κ3) is 4.01. The molecular weight excluding hydrogens is 172 g/mol. The highest BCUT2D eigenvalue weighted by Gasteiger charge is 2.16. The van der Waals surface area contributed by atoms with E-state index in [2.05, 4.69) is 11.1 Å². The SMILES string of the molecule is C#CCN(C(=O)O)[C@@H](C)CC=NO. The van der Waals surface area contributed by atoms with E-state index in [1.807, 2.05) is 0 Å². The first-order chi connectivity index (χ1) is 6.13. The fraction of sp³-hybridized carbons (Fsp3) is 0.500. The summed E-state index contributed by atoms with van der Waals surface area (Å²) in [5, 5.41) is 19.6. The summed E-state index contributed by atoms with van der Waals surface area (Å²) in [5.74, 6) is 2.24. The summed E-state index contributed by atoms with van der Waals surface area (Å²) in [5.41, 5.74) is 0. The van der Waals surface area contributed by atoms with Crippen molar-refractivity contribution in [1.29, 1.82) is 0 Å².